The van der Waals surface area contributed by atoms with E-state index in [0.29, 0.717) is 10.5 Å². The van der Waals surface area contributed by atoms with Crippen molar-refractivity contribution < 1.29 is 13.6 Å². The van der Waals surface area contributed by atoms with Gasteiger partial charge < -0.3 is 4.90 Å². The fourth-order valence-corrected chi connectivity index (χ4v) is 5.98. The molecular weight excluding hydrogens is 520 g/mol. The smallest absolute Gasteiger partial charge is 0.303 e. The van der Waals surface area contributed by atoms with Crippen LogP contribution in [0.3, 0.4) is 0 Å². The first-order valence-corrected chi connectivity index (χ1v) is 13.8. The van der Waals surface area contributed by atoms with Crippen molar-refractivity contribution in [3.8, 4) is 0 Å². The largest absolute Gasteiger partial charge is 0.329 e. The number of imidazole rings is 1. The summed E-state index contributed by atoms with van der Waals surface area (Å²) in [6.45, 7) is 4.14. The Morgan fingerprint density at radius 1 is 0.923 bits per heavy atom. The van der Waals surface area contributed by atoms with E-state index in [1.54, 1.807) is 12.1 Å². The number of piperidine rings is 1. The molecule has 0 saturated carbocycles. The van der Waals surface area contributed by atoms with E-state index >= 15 is 0 Å². The number of benzene rings is 3. The quantitative estimate of drug-likeness (QED) is 0.236. The van der Waals surface area contributed by atoms with Crippen LogP contribution in [0.5, 0.6) is 0 Å². The molecule has 0 aliphatic carbocycles. The van der Waals surface area contributed by atoms with Crippen LogP contribution in [0.1, 0.15) is 55.7 Å². The Kier molecular flexibility index (Phi) is 8.29. The van der Waals surface area contributed by atoms with Gasteiger partial charge in [0.05, 0.1) is 17.6 Å². The van der Waals surface area contributed by atoms with Crippen molar-refractivity contribution in [1.29, 1.82) is 0 Å². The van der Waals surface area contributed by atoms with Crippen molar-refractivity contribution in [3.63, 3.8) is 0 Å². The minimum absolute atomic E-state index is 0.0325. The van der Waals surface area contributed by atoms with Gasteiger partial charge in [-0.1, -0.05) is 35.9 Å². The average molecular weight is 552 g/mol. The number of carbonyl (C=O) groups is 1. The van der Waals surface area contributed by atoms with Crippen molar-refractivity contribution in [2.24, 2.45) is 0 Å². The molecule has 0 radical (unpaired) electrons. The number of nitrogens with zero attached hydrogens (tertiary/aromatic N) is 3. The number of carbonyl (C=O) groups excluding carboxylic acids is 1. The number of hydrogen-bond acceptors (Lipinski definition) is 3. The Hall–Kier alpha value is -3.29. The molecule has 1 saturated heterocycles. The highest BCUT2D eigenvalue weighted by molar-refractivity contribution is 6.31. The number of halogens is 3. The normalized spacial score (nSPS) is 14.9. The topological polar surface area (TPSA) is 47.2 Å². The van der Waals surface area contributed by atoms with Crippen molar-refractivity contribution >= 4 is 28.4 Å². The van der Waals surface area contributed by atoms with Gasteiger partial charge in [-0.05, 0) is 92.7 Å². The van der Waals surface area contributed by atoms with Crippen LogP contribution in [-0.2, 0) is 11.3 Å². The molecule has 204 valence electrons. The van der Waals surface area contributed by atoms with Crippen LogP contribution in [-0.4, -0.2) is 39.5 Å². The molecular formula is C31H32ClF2N3O2. The van der Waals surface area contributed by atoms with Gasteiger partial charge in [-0.2, -0.15) is 0 Å². The Morgan fingerprint density at radius 2 is 1.51 bits per heavy atom. The first kappa shape index (κ1) is 27.3. The fraction of sp³-hybridized carbons (Fsp3) is 0.355. The Bertz CT molecular complexity index is 1460. The van der Waals surface area contributed by atoms with E-state index < -0.39 is 0 Å². The minimum atomic E-state index is -0.272. The van der Waals surface area contributed by atoms with Gasteiger partial charge in [0.25, 0.3) is 0 Å². The number of hydrogen-bond donors (Lipinski definition) is 0. The van der Waals surface area contributed by atoms with Crippen LogP contribution in [0, 0.1) is 11.6 Å². The van der Waals surface area contributed by atoms with Gasteiger partial charge in [-0.15, -0.1) is 0 Å². The molecule has 1 aromatic heterocycles. The van der Waals surface area contributed by atoms with E-state index in [2.05, 4.69) is 4.90 Å². The van der Waals surface area contributed by atoms with Gasteiger partial charge in [-0.25, -0.2) is 13.6 Å². The highest BCUT2D eigenvalue weighted by Gasteiger charge is 2.26. The lowest BCUT2D eigenvalue weighted by molar-refractivity contribution is -0.117. The molecule has 0 atom stereocenters. The third kappa shape index (κ3) is 6.15. The lowest BCUT2D eigenvalue weighted by atomic mass is 9.87. The van der Waals surface area contributed by atoms with Crippen LogP contribution < -0.4 is 5.69 Å². The van der Waals surface area contributed by atoms with E-state index in [1.807, 2.05) is 34.9 Å². The minimum Gasteiger partial charge on any atom is -0.303 e. The molecule has 5 nitrogen and oxygen atoms in total. The van der Waals surface area contributed by atoms with E-state index in [4.69, 9.17) is 11.6 Å². The number of rotatable bonds is 9. The summed E-state index contributed by atoms with van der Waals surface area (Å²) in [6.07, 6.45) is 3.46. The summed E-state index contributed by atoms with van der Waals surface area (Å²) in [7, 11) is 0. The summed E-state index contributed by atoms with van der Waals surface area (Å²) in [5, 5.41) is 0.534. The van der Waals surface area contributed by atoms with Crippen LogP contribution >= 0.6 is 11.6 Å². The van der Waals surface area contributed by atoms with Gasteiger partial charge in [-0.3, -0.25) is 13.9 Å². The van der Waals surface area contributed by atoms with Crippen LogP contribution in [0.2, 0.25) is 5.02 Å². The number of ketones is 1. The molecule has 0 unspecified atom stereocenters. The summed E-state index contributed by atoms with van der Waals surface area (Å²) >= 11 is 6.21. The molecule has 39 heavy (non-hydrogen) atoms. The second-order valence-corrected chi connectivity index (χ2v) is 10.9. The van der Waals surface area contributed by atoms with E-state index in [1.165, 1.54) is 35.8 Å². The van der Waals surface area contributed by atoms with Crippen molar-refractivity contribution in [3.05, 3.63) is 105 Å². The average Bonchev–Trinajstić information content (AvgIpc) is 3.18. The maximum absolute atomic E-state index is 13.5. The summed E-state index contributed by atoms with van der Waals surface area (Å²) in [5.74, 6) is -0.565. The maximum atomic E-state index is 13.5. The van der Waals surface area contributed by atoms with E-state index in [0.717, 1.165) is 62.0 Å². The van der Waals surface area contributed by atoms with Crippen LogP contribution in [0.25, 0.3) is 11.0 Å². The predicted octanol–water partition coefficient (Wildman–Crippen LogP) is 6.57. The van der Waals surface area contributed by atoms with Crippen molar-refractivity contribution in [2.75, 3.05) is 19.6 Å². The molecule has 4 aromatic rings. The molecule has 1 aliphatic heterocycles. The predicted molar refractivity (Wildman–Crippen MR) is 150 cm³/mol. The van der Waals surface area contributed by atoms with Gasteiger partial charge in [0.15, 0.2) is 0 Å². The van der Waals surface area contributed by atoms with Gasteiger partial charge >= 0.3 is 5.69 Å². The lowest BCUT2D eigenvalue weighted by Gasteiger charge is -2.33. The Labute approximate surface area is 231 Å². The number of likely N-dealkylation sites (tertiary alicyclic amines) is 1. The zero-order valence-electron chi connectivity index (χ0n) is 22.0. The van der Waals surface area contributed by atoms with Crippen molar-refractivity contribution in [1.82, 2.24) is 14.0 Å². The fourth-order valence-electron chi connectivity index (χ4n) is 5.82. The number of fused-ring (bicyclic) bond motifs is 1. The van der Waals surface area contributed by atoms with Crippen LogP contribution in [0.15, 0.2) is 71.5 Å². The zero-order chi connectivity index (χ0) is 27.5. The highest BCUT2D eigenvalue weighted by Crippen LogP contribution is 2.31. The second kappa shape index (κ2) is 11.8. The summed E-state index contributed by atoms with van der Waals surface area (Å²) in [6, 6.07) is 18.6. The van der Waals surface area contributed by atoms with Gasteiger partial charge in [0.1, 0.15) is 17.4 Å². The molecule has 0 amide bonds. The molecule has 1 aliphatic rings. The molecule has 0 N–H and O–H groups in total. The lowest BCUT2D eigenvalue weighted by Crippen LogP contribution is -2.38. The third-order valence-electron chi connectivity index (χ3n) is 7.74. The van der Waals surface area contributed by atoms with Crippen LogP contribution in [0.4, 0.5) is 8.78 Å². The summed E-state index contributed by atoms with van der Waals surface area (Å²) < 4.78 is 30.4. The van der Waals surface area contributed by atoms with Gasteiger partial charge in [0, 0.05) is 30.1 Å². The summed E-state index contributed by atoms with van der Waals surface area (Å²) in [4.78, 5) is 27.6. The first-order valence-electron chi connectivity index (χ1n) is 13.4. The maximum Gasteiger partial charge on any atom is 0.329 e. The molecule has 1 fully saturated rings. The van der Waals surface area contributed by atoms with E-state index in [-0.39, 0.29) is 41.6 Å². The number of Topliss-reactive ketones (excluding diaryl/α,β-unsaturated/α-hetero) is 1. The molecule has 2 heterocycles. The zero-order valence-corrected chi connectivity index (χ0v) is 22.7. The SMILES string of the molecule is CC(=O)Cn1c(=O)n(C2CCN(CCCC(c3ccc(F)cc3)c3ccc(F)cc3)CC2)c2ccc(Cl)cc21. The first-order chi connectivity index (χ1) is 18.8. The van der Waals surface area contributed by atoms with E-state index in [9.17, 15) is 18.4 Å². The monoisotopic (exact) mass is 551 g/mol. The molecule has 8 heteroatoms. The Balaban J connectivity index is 1.25. The Morgan fingerprint density at radius 3 is 2.08 bits per heavy atom. The van der Waals surface area contributed by atoms with Crippen molar-refractivity contribution in [2.45, 2.75) is 51.1 Å². The molecule has 0 bridgehead atoms. The summed E-state index contributed by atoms with van der Waals surface area (Å²) in [5.41, 5.74) is 3.37. The molecule has 5 rings (SSSR count). The third-order valence-corrected chi connectivity index (χ3v) is 7.97. The molecule has 0 spiro atoms. The standard InChI is InChI=1S/C31H32ClF2N3O2/c1-21(38)20-36-30-19-24(32)8-13-29(30)37(31(36)39)27-14-17-35(18-15-27)16-2-3-28(22-4-9-25(33)10-5-22)23-6-11-26(34)12-7-23/h4-13,19,27-28H,2-3,14-18,20H2,1H3. The molecule has 3 aromatic carbocycles. The van der Waals surface area contributed by atoms with Gasteiger partial charge in [0.2, 0.25) is 0 Å². The highest BCUT2D eigenvalue weighted by atomic mass is 35.5. The second-order valence-electron chi connectivity index (χ2n) is 10.4. The number of aromatic nitrogens is 2.